The van der Waals surface area contributed by atoms with Crippen molar-refractivity contribution in [3.63, 3.8) is 0 Å². The highest BCUT2D eigenvalue weighted by atomic mass is 16.5. The second-order valence-corrected chi connectivity index (χ2v) is 5.52. The zero-order valence-corrected chi connectivity index (χ0v) is 13.3. The Morgan fingerprint density at radius 1 is 1.09 bits per heavy atom. The second-order valence-electron chi connectivity index (χ2n) is 5.52. The number of hydrogen-bond acceptors (Lipinski definition) is 2. The molecule has 0 aliphatic heterocycles. The predicted molar refractivity (Wildman–Crippen MR) is 90.6 cm³/mol. The fourth-order valence-electron chi connectivity index (χ4n) is 1.93. The van der Waals surface area contributed by atoms with Crippen molar-refractivity contribution in [3.05, 3.63) is 71.3 Å². The minimum absolute atomic E-state index is 0.130. The van der Waals surface area contributed by atoms with E-state index in [0.29, 0.717) is 12.2 Å². The lowest BCUT2D eigenvalue weighted by atomic mass is 10.1. The number of amides is 1. The van der Waals surface area contributed by atoms with Crippen molar-refractivity contribution in [2.24, 2.45) is 0 Å². The van der Waals surface area contributed by atoms with Crippen molar-refractivity contribution in [3.8, 4) is 5.75 Å². The Balaban J connectivity index is 2.03. The first-order chi connectivity index (χ1) is 10.5. The van der Waals surface area contributed by atoms with Gasteiger partial charge in [-0.3, -0.25) is 4.79 Å². The lowest BCUT2D eigenvalue weighted by molar-refractivity contribution is 0.102. The molecule has 3 nitrogen and oxygen atoms in total. The largest absolute Gasteiger partial charge is 0.489 e. The van der Waals surface area contributed by atoms with Crippen LogP contribution in [0.2, 0.25) is 0 Å². The Labute approximate surface area is 131 Å². The summed E-state index contributed by atoms with van der Waals surface area (Å²) in [6.45, 7) is 10.2. The van der Waals surface area contributed by atoms with Gasteiger partial charge in [-0.25, -0.2) is 0 Å². The van der Waals surface area contributed by atoms with Gasteiger partial charge >= 0.3 is 0 Å². The fourth-order valence-corrected chi connectivity index (χ4v) is 1.93. The molecule has 0 saturated heterocycles. The summed E-state index contributed by atoms with van der Waals surface area (Å²) in [5.41, 5.74) is 4.71. The molecule has 114 valence electrons. The van der Waals surface area contributed by atoms with Crippen LogP contribution in [-0.2, 0) is 0 Å². The summed E-state index contributed by atoms with van der Waals surface area (Å²) in [7, 11) is 0. The molecule has 0 aliphatic rings. The number of benzene rings is 2. The van der Waals surface area contributed by atoms with E-state index in [1.807, 2.05) is 39.0 Å². The molecule has 2 aromatic rings. The monoisotopic (exact) mass is 295 g/mol. The summed E-state index contributed by atoms with van der Waals surface area (Å²) in [5.74, 6) is 0.598. The summed E-state index contributed by atoms with van der Waals surface area (Å²) >= 11 is 0. The van der Waals surface area contributed by atoms with E-state index in [1.165, 1.54) is 5.56 Å². The van der Waals surface area contributed by atoms with E-state index >= 15 is 0 Å². The molecule has 0 heterocycles. The number of rotatable bonds is 5. The summed E-state index contributed by atoms with van der Waals surface area (Å²) in [5, 5.41) is 2.90. The molecule has 3 heteroatoms. The highest BCUT2D eigenvalue weighted by Gasteiger charge is 2.07. The van der Waals surface area contributed by atoms with Crippen LogP contribution in [0.5, 0.6) is 5.75 Å². The lowest BCUT2D eigenvalue weighted by Gasteiger charge is -2.09. The van der Waals surface area contributed by atoms with Crippen LogP contribution >= 0.6 is 0 Å². The van der Waals surface area contributed by atoms with Crippen molar-refractivity contribution >= 4 is 11.6 Å². The summed E-state index contributed by atoms with van der Waals surface area (Å²) < 4.78 is 5.52. The van der Waals surface area contributed by atoms with E-state index in [4.69, 9.17) is 4.74 Å². The molecule has 0 unspecified atom stereocenters. The molecule has 1 amide bonds. The minimum atomic E-state index is -0.130. The average molecular weight is 295 g/mol. The normalized spacial score (nSPS) is 10.1. The molecular weight excluding hydrogens is 274 g/mol. The van der Waals surface area contributed by atoms with Crippen molar-refractivity contribution in [2.75, 3.05) is 11.9 Å². The number of aryl methyl sites for hydroxylation is 2. The van der Waals surface area contributed by atoms with Gasteiger partial charge in [0.15, 0.2) is 0 Å². The van der Waals surface area contributed by atoms with Gasteiger partial charge in [0.1, 0.15) is 12.4 Å². The van der Waals surface area contributed by atoms with E-state index in [1.54, 1.807) is 24.3 Å². The maximum atomic E-state index is 12.2. The third kappa shape index (κ3) is 4.22. The number of hydrogen-bond donors (Lipinski definition) is 1. The maximum Gasteiger partial charge on any atom is 0.255 e. The number of carbonyl (C=O) groups excluding carboxylic acids is 1. The third-order valence-corrected chi connectivity index (χ3v) is 3.37. The van der Waals surface area contributed by atoms with E-state index in [0.717, 1.165) is 22.6 Å². The molecule has 0 atom stereocenters. The molecule has 22 heavy (non-hydrogen) atoms. The van der Waals surface area contributed by atoms with Crippen LogP contribution in [0.1, 0.15) is 28.4 Å². The average Bonchev–Trinajstić information content (AvgIpc) is 2.49. The molecule has 0 bridgehead atoms. The third-order valence-electron chi connectivity index (χ3n) is 3.37. The number of anilines is 1. The van der Waals surface area contributed by atoms with Crippen LogP contribution < -0.4 is 10.1 Å². The number of ether oxygens (including phenoxy) is 1. The first-order valence-electron chi connectivity index (χ1n) is 7.21. The van der Waals surface area contributed by atoms with Gasteiger partial charge < -0.3 is 10.1 Å². The fraction of sp³-hybridized carbons (Fsp3) is 0.211. The Bertz CT molecular complexity index is 687. The van der Waals surface area contributed by atoms with Crippen molar-refractivity contribution in [1.29, 1.82) is 0 Å². The van der Waals surface area contributed by atoms with E-state index in [2.05, 4.69) is 11.9 Å². The van der Waals surface area contributed by atoms with Crippen LogP contribution in [0.3, 0.4) is 0 Å². The van der Waals surface area contributed by atoms with Gasteiger partial charge in [-0.15, -0.1) is 0 Å². The molecule has 2 rings (SSSR count). The molecule has 0 aromatic heterocycles. The first-order valence-corrected chi connectivity index (χ1v) is 7.21. The maximum absolute atomic E-state index is 12.2. The van der Waals surface area contributed by atoms with Crippen molar-refractivity contribution in [1.82, 2.24) is 0 Å². The minimum Gasteiger partial charge on any atom is -0.489 e. The molecule has 0 saturated carbocycles. The van der Waals surface area contributed by atoms with Crippen molar-refractivity contribution in [2.45, 2.75) is 20.8 Å². The summed E-state index contributed by atoms with van der Waals surface area (Å²) in [6, 6.07) is 13.0. The summed E-state index contributed by atoms with van der Waals surface area (Å²) in [6.07, 6.45) is 0. The standard InChI is InChI=1S/C19H21NO2/c1-13(2)12-22-18-9-6-16(7-10-18)19(21)20-17-8-5-14(3)15(4)11-17/h5-11H,1,12H2,2-4H3,(H,20,21). The van der Waals surface area contributed by atoms with Crippen LogP contribution in [0.4, 0.5) is 5.69 Å². The quantitative estimate of drug-likeness (QED) is 0.824. The Kier molecular flexibility index (Phi) is 4.99. The molecule has 0 spiro atoms. The predicted octanol–water partition coefficient (Wildman–Crippen LogP) is 4.51. The Morgan fingerprint density at radius 2 is 1.77 bits per heavy atom. The van der Waals surface area contributed by atoms with E-state index in [9.17, 15) is 4.79 Å². The van der Waals surface area contributed by atoms with Crippen LogP contribution in [0.25, 0.3) is 0 Å². The highest BCUT2D eigenvalue weighted by Crippen LogP contribution is 2.17. The van der Waals surface area contributed by atoms with Crippen LogP contribution in [-0.4, -0.2) is 12.5 Å². The van der Waals surface area contributed by atoms with Gasteiger partial charge in [-0.1, -0.05) is 12.6 Å². The first kappa shape index (κ1) is 15.8. The molecule has 0 fully saturated rings. The van der Waals surface area contributed by atoms with Crippen molar-refractivity contribution < 1.29 is 9.53 Å². The zero-order valence-electron chi connectivity index (χ0n) is 13.3. The van der Waals surface area contributed by atoms with Gasteiger partial charge in [-0.05, 0) is 73.9 Å². The topological polar surface area (TPSA) is 38.3 Å². The van der Waals surface area contributed by atoms with Gasteiger partial charge in [-0.2, -0.15) is 0 Å². The van der Waals surface area contributed by atoms with Crippen LogP contribution in [0, 0.1) is 13.8 Å². The zero-order chi connectivity index (χ0) is 16.1. The van der Waals surface area contributed by atoms with E-state index < -0.39 is 0 Å². The smallest absolute Gasteiger partial charge is 0.255 e. The SMILES string of the molecule is C=C(C)COc1ccc(C(=O)Nc2ccc(C)c(C)c2)cc1. The highest BCUT2D eigenvalue weighted by molar-refractivity contribution is 6.04. The molecular formula is C19H21NO2. The van der Waals surface area contributed by atoms with E-state index in [-0.39, 0.29) is 5.91 Å². The molecule has 0 aliphatic carbocycles. The second kappa shape index (κ2) is 6.94. The molecule has 0 radical (unpaired) electrons. The Hall–Kier alpha value is -2.55. The molecule has 2 aromatic carbocycles. The van der Waals surface area contributed by atoms with Gasteiger partial charge in [0.25, 0.3) is 5.91 Å². The summed E-state index contributed by atoms with van der Waals surface area (Å²) in [4.78, 5) is 12.2. The number of nitrogens with one attached hydrogen (secondary N) is 1. The van der Waals surface area contributed by atoms with Gasteiger partial charge in [0.05, 0.1) is 0 Å². The number of carbonyl (C=O) groups is 1. The van der Waals surface area contributed by atoms with Gasteiger partial charge in [0.2, 0.25) is 0 Å². The van der Waals surface area contributed by atoms with Crippen LogP contribution in [0.15, 0.2) is 54.6 Å². The lowest BCUT2D eigenvalue weighted by Crippen LogP contribution is -2.12. The Morgan fingerprint density at radius 3 is 2.36 bits per heavy atom. The molecule has 1 N–H and O–H groups in total. The van der Waals surface area contributed by atoms with Gasteiger partial charge in [0, 0.05) is 11.3 Å².